The van der Waals surface area contributed by atoms with Crippen LogP contribution in [0, 0.1) is 0 Å². The normalized spacial score (nSPS) is 19.4. The van der Waals surface area contributed by atoms with Crippen molar-refractivity contribution in [2.24, 2.45) is 7.05 Å². The average molecular weight is 419 g/mol. The number of thioether (sulfide) groups is 1. The van der Waals surface area contributed by atoms with Crippen LogP contribution >= 0.6 is 11.8 Å². The number of aromatic nitrogens is 3. The Morgan fingerprint density at radius 2 is 1.97 bits per heavy atom. The number of pyridine rings is 1. The molecule has 154 valence electrons. The first-order valence-corrected chi connectivity index (χ1v) is 11.6. The van der Waals surface area contributed by atoms with Crippen LogP contribution in [-0.4, -0.2) is 31.8 Å². The van der Waals surface area contributed by atoms with E-state index in [4.69, 9.17) is 0 Å². The van der Waals surface area contributed by atoms with Gasteiger partial charge in [0.15, 0.2) is 0 Å². The molecule has 1 N–H and O–H groups in total. The van der Waals surface area contributed by atoms with Crippen molar-refractivity contribution in [2.45, 2.75) is 42.7 Å². The van der Waals surface area contributed by atoms with Gasteiger partial charge in [0.05, 0.1) is 5.75 Å². The average Bonchev–Trinajstić information content (AvgIpc) is 3.38. The van der Waals surface area contributed by atoms with E-state index in [9.17, 15) is 4.79 Å². The summed E-state index contributed by atoms with van der Waals surface area (Å²) in [5.74, 6) is 1.65. The lowest BCUT2D eigenvalue weighted by molar-refractivity contribution is -0.119. The fraction of sp³-hybridized carbons (Fsp3) is 0.333. The highest BCUT2D eigenvalue weighted by molar-refractivity contribution is 8.00. The van der Waals surface area contributed by atoms with Gasteiger partial charge < -0.3 is 14.5 Å². The minimum atomic E-state index is 0.129. The van der Waals surface area contributed by atoms with Gasteiger partial charge in [-0.2, -0.15) is 0 Å². The number of amides is 1. The third-order valence-electron chi connectivity index (χ3n) is 6.15. The predicted octanol–water partition coefficient (Wildman–Crippen LogP) is 4.87. The Morgan fingerprint density at radius 3 is 2.83 bits per heavy atom. The summed E-state index contributed by atoms with van der Waals surface area (Å²) in [6, 6.07) is 15.3. The molecule has 6 heteroatoms. The Morgan fingerprint density at radius 1 is 1.13 bits per heavy atom. The van der Waals surface area contributed by atoms with Crippen molar-refractivity contribution in [2.75, 3.05) is 5.75 Å². The zero-order valence-corrected chi connectivity index (χ0v) is 17.9. The van der Waals surface area contributed by atoms with Crippen molar-refractivity contribution in [3.05, 3.63) is 61.1 Å². The molecule has 5 nitrogen and oxygen atoms in total. The van der Waals surface area contributed by atoms with Crippen LogP contribution in [0.4, 0.5) is 0 Å². The molecule has 2 aliphatic heterocycles. The van der Waals surface area contributed by atoms with Gasteiger partial charge in [0, 0.05) is 59.1 Å². The molecule has 5 rings (SSSR count). The van der Waals surface area contributed by atoms with E-state index < -0.39 is 0 Å². The summed E-state index contributed by atoms with van der Waals surface area (Å²) < 4.78 is 4.43. The fourth-order valence-corrected chi connectivity index (χ4v) is 5.55. The van der Waals surface area contributed by atoms with Gasteiger partial charge in [0.1, 0.15) is 5.82 Å². The maximum absolute atomic E-state index is 12.6. The third kappa shape index (κ3) is 3.72. The van der Waals surface area contributed by atoms with Crippen LogP contribution in [0.3, 0.4) is 0 Å². The maximum Gasteiger partial charge on any atom is 0.230 e. The van der Waals surface area contributed by atoms with Gasteiger partial charge in [-0.3, -0.25) is 4.79 Å². The summed E-state index contributed by atoms with van der Waals surface area (Å²) in [5.41, 5.74) is 2.39. The molecule has 0 spiro atoms. The van der Waals surface area contributed by atoms with Crippen LogP contribution in [0.5, 0.6) is 0 Å². The largest absolute Gasteiger partial charge is 0.353 e. The first kappa shape index (κ1) is 19.2. The number of rotatable bonds is 5. The highest BCUT2D eigenvalue weighted by atomic mass is 32.2. The van der Waals surface area contributed by atoms with Crippen LogP contribution in [0.25, 0.3) is 22.3 Å². The van der Waals surface area contributed by atoms with Crippen molar-refractivity contribution in [1.82, 2.24) is 19.4 Å². The van der Waals surface area contributed by atoms with Gasteiger partial charge in [-0.15, -0.1) is 11.8 Å². The highest BCUT2D eigenvalue weighted by Gasteiger charge is 2.25. The monoisotopic (exact) mass is 418 g/mol. The summed E-state index contributed by atoms with van der Waals surface area (Å²) in [6.45, 7) is 0. The number of para-hydroxylation sites is 1. The molecule has 0 bridgehead atoms. The Balaban J connectivity index is 1.15. The minimum Gasteiger partial charge on any atom is -0.353 e. The molecule has 30 heavy (non-hydrogen) atoms. The molecule has 1 amide bonds. The maximum atomic E-state index is 12.6. The van der Waals surface area contributed by atoms with E-state index in [0.29, 0.717) is 11.8 Å². The van der Waals surface area contributed by atoms with E-state index >= 15 is 0 Å². The Labute approximate surface area is 180 Å². The van der Waals surface area contributed by atoms with Crippen molar-refractivity contribution in [3.8, 4) is 11.4 Å². The lowest BCUT2D eigenvalue weighted by Gasteiger charge is -2.31. The second kappa shape index (κ2) is 8.19. The number of nitrogens with zero attached hydrogens (tertiary/aromatic N) is 3. The standard InChI is InChI=1S/C24H26N4OS/c1-27-15-22(20-6-2-3-7-21(20)27)30-16-23(29)26-18-8-10-19(11-9-18)28-14-4-5-17-12-13-25-24(17)28/h2-7,12-15,18-19H,8-11,16H2,1H3,(H,26,29). The van der Waals surface area contributed by atoms with Crippen LogP contribution < -0.4 is 5.32 Å². The summed E-state index contributed by atoms with van der Waals surface area (Å²) in [5, 5.41) is 4.47. The first-order chi connectivity index (χ1) is 14.7. The predicted molar refractivity (Wildman–Crippen MR) is 122 cm³/mol. The van der Waals surface area contributed by atoms with E-state index in [1.807, 2.05) is 25.4 Å². The molecule has 2 aromatic rings. The number of aryl methyl sites for hydroxylation is 1. The quantitative estimate of drug-likeness (QED) is 0.470. The van der Waals surface area contributed by atoms with Crippen LogP contribution in [0.15, 0.2) is 66.0 Å². The minimum absolute atomic E-state index is 0.129. The van der Waals surface area contributed by atoms with E-state index in [2.05, 4.69) is 62.2 Å². The number of nitrogens with one attached hydrogen (secondary N) is 1. The molecule has 1 aromatic heterocycles. The van der Waals surface area contributed by atoms with Crippen molar-refractivity contribution >= 4 is 28.6 Å². The number of fused-ring (bicyclic) bond motifs is 2. The third-order valence-corrected chi connectivity index (χ3v) is 7.19. The van der Waals surface area contributed by atoms with E-state index in [0.717, 1.165) is 31.5 Å². The van der Waals surface area contributed by atoms with Gasteiger partial charge in [-0.25, -0.2) is 4.98 Å². The van der Waals surface area contributed by atoms with Crippen molar-refractivity contribution < 1.29 is 4.79 Å². The smallest absolute Gasteiger partial charge is 0.230 e. The summed E-state index contributed by atoms with van der Waals surface area (Å²) in [7, 11) is 2.05. The zero-order chi connectivity index (χ0) is 20.5. The lowest BCUT2D eigenvalue weighted by Crippen LogP contribution is -2.39. The molecular formula is C24H26N4OS. The number of hydrogen-bond donors (Lipinski definition) is 1. The topological polar surface area (TPSA) is 51.9 Å². The number of carbonyl (C=O) groups is 1. The number of benzene rings is 1. The zero-order valence-electron chi connectivity index (χ0n) is 17.1. The van der Waals surface area contributed by atoms with Gasteiger partial charge >= 0.3 is 0 Å². The molecule has 0 atom stereocenters. The molecule has 1 aliphatic carbocycles. The van der Waals surface area contributed by atoms with E-state index in [1.165, 1.54) is 21.4 Å². The summed E-state index contributed by atoms with van der Waals surface area (Å²) >= 11 is 1.62. The van der Waals surface area contributed by atoms with Crippen LogP contribution in [0.1, 0.15) is 31.7 Å². The molecule has 1 saturated carbocycles. The van der Waals surface area contributed by atoms with E-state index in [-0.39, 0.29) is 11.9 Å². The molecule has 0 unspecified atom stereocenters. The highest BCUT2D eigenvalue weighted by Crippen LogP contribution is 2.33. The van der Waals surface area contributed by atoms with Gasteiger partial charge in [-0.1, -0.05) is 18.2 Å². The molecule has 1 aromatic carbocycles. The molecule has 0 radical (unpaired) electrons. The Kier molecular flexibility index (Phi) is 5.25. The second-order valence-corrected chi connectivity index (χ2v) is 9.14. The molecule has 3 heterocycles. The number of hydrogen-bond acceptors (Lipinski definition) is 3. The Hall–Kier alpha value is -2.73. The fourth-order valence-electron chi connectivity index (χ4n) is 4.62. The van der Waals surface area contributed by atoms with E-state index in [1.54, 1.807) is 11.8 Å². The summed E-state index contributed by atoms with van der Waals surface area (Å²) in [6.07, 6.45) is 10.3. The second-order valence-electron chi connectivity index (χ2n) is 8.12. The summed E-state index contributed by atoms with van der Waals surface area (Å²) in [4.78, 5) is 18.3. The van der Waals surface area contributed by atoms with Crippen molar-refractivity contribution in [1.29, 1.82) is 0 Å². The molecule has 0 saturated heterocycles. The van der Waals surface area contributed by atoms with Gasteiger partial charge in [-0.05, 0) is 49.9 Å². The Bertz CT molecular complexity index is 1140. The van der Waals surface area contributed by atoms with Gasteiger partial charge in [0.25, 0.3) is 0 Å². The van der Waals surface area contributed by atoms with Crippen LogP contribution in [0.2, 0.25) is 0 Å². The van der Waals surface area contributed by atoms with Crippen molar-refractivity contribution in [3.63, 3.8) is 0 Å². The molecule has 3 aliphatic rings. The van der Waals surface area contributed by atoms with Crippen LogP contribution in [-0.2, 0) is 11.8 Å². The first-order valence-electron chi connectivity index (χ1n) is 10.6. The lowest BCUT2D eigenvalue weighted by atomic mass is 9.90. The molecular weight excluding hydrogens is 392 g/mol. The SMILES string of the molecule is Cn1cc(SCC(=O)NC2CCC(n3cccc4ccnc3-4)CC2)c2ccccc21. The van der Waals surface area contributed by atoms with Gasteiger partial charge in [0.2, 0.25) is 5.91 Å². The number of carbonyl (C=O) groups excluding carboxylic acids is 1. The molecule has 1 fully saturated rings.